The lowest BCUT2D eigenvalue weighted by Crippen LogP contribution is -2.20. The smallest absolute Gasteiger partial charge is 0.278 e. The molecule has 0 N–H and O–H groups in total. The molecule has 0 bridgehead atoms. The van der Waals surface area contributed by atoms with E-state index in [1.54, 1.807) is 18.5 Å². The third-order valence-electron chi connectivity index (χ3n) is 5.02. The Balaban J connectivity index is 1.36. The summed E-state index contributed by atoms with van der Waals surface area (Å²) in [5, 5.41) is 4.09. The summed E-state index contributed by atoms with van der Waals surface area (Å²) in [5.74, 6) is 1.35. The van der Waals surface area contributed by atoms with Crippen molar-refractivity contribution in [2.45, 2.75) is 26.2 Å². The van der Waals surface area contributed by atoms with Crippen molar-refractivity contribution >= 4 is 0 Å². The van der Waals surface area contributed by atoms with Gasteiger partial charge < -0.3 is 18.6 Å². The van der Waals surface area contributed by atoms with Gasteiger partial charge >= 0.3 is 0 Å². The van der Waals surface area contributed by atoms with Crippen LogP contribution in [-0.2, 0) is 17.9 Å². The summed E-state index contributed by atoms with van der Waals surface area (Å²) in [4.78, 5) is 8.96. The fraction of sp³-hybridized carbons (Fsp3) is 0.227. The van der Waals surface area contributed by atoms with Gasteiger partial charge in [0.15, 0.2) is 5.69 Å². The lowest BCUT2D eigenvalue weighted by molar-refractivity contribution is 0.00326. The molecule has 7 nitrogen and oxygen atoms in total. The Bertz CT molecular complexity index is 1150. The Kier molecular flexibility index (Phi) is 4.76. The van der Waals surface area contributed by atoms with Crippen LogP contribution in [0.1, 0.15) is 24.3 Å². The highest BCUT2D eigenvalue weighted by Gasteiger charge is 2.26. The van der Waals surface area contributed by atoms with Crippen LogP contribution < -0.4 is 4.74 Å². The van der Waals surface area contributed by atoms with Crippen molar-refractivity contribution in [3.05, 3.63) is 71.9 Å². The van der Waals surface area contributed by atoms with E-state index in [0.29, 0.717) is 37.2 Å². The molecule has 4 aromatic rings. The van der Waals surface area contributed by atoms with E-state index in [0.717, 1.165) is 22.6 Å². The highest BCUT2D eigenvalue weighted by atomic mass is 19.1. The molecule has 152 valence electrons. The van der Waals surface area contributed by atoms with Gasteiger partial charge in [-0.15, -0.1) is 0 Å². The largest absolute Gasteiger partial charge is 0.494 e. The van der Waals surface area contributed by atoms with Crippen molar-refractivity contribution in [3.63, 3.8) is 0 Å². The number of benzene rings is 2. The second-order valence-corrected chi connectivity index (χ2v) is 6.92. The number of ether oxygens (including phenoxy) is 2. The molecule has 2 aromatic carbocycles. The number of hydrogen-bond acceptors (Lipinski definition) is 6. The zero-order valence-electron chi connectivity index (χ0n) is 16.3. The summed E-state index contributed by atoms with van der Waals surface area (Å²) in [7, 11) is 0. The Hall–Kier alpha value is -3.52. The van der Waals surface area contributed by atoms with Gasteiger partial charge in [-0.2, -0.15) is 4.98 Å². The quantitative estimate of drug-likeness (QED) is 0.489. The second kappa shape index (κ2) is 7.72. The van der Waals surface area contributed by atoms with Gasteiger partial charge in [0.1, 0.15) is 17.7 Å². The minimum atomic E-state index is -0.264. The summed E-state index contributed by atoms with van der Waals surface area (Å²) in [6.07, 6.45) is 1.58. The van der Waals surface area contributed by atoms with Crippen LogP contribution in [0, 0.1) is 5.82 Å². The molecule has 0 fully saturated rings. The maximum absolute atomic E-state index is 13.2. The molecule has 2 aromatic heterocycles. The zero-order chi connectivity index (χ0) is 20.5. The topological polar surface area (TPSA) is 75.2 Å². The van der Waals surface area contributed by atoms with E-state index in [1.165, 1.54) is 12.1 Å². The van der Waals surface area contributed by atoms with Gasteiger partial charge in [0.2, 0.25) is 5.82 Å². The molecule has 3 heterocycles. The number of nitrogens with zero attached hydrogens (tertiary/aromatic N) is 4. The first-order valence-corrected chi connectivity index (χ1v) is 9.69. The van der Waals surface area contributed by atoms with Crippen molar-refractivity contribution in [2.75, 3.05) is 6.61 Å². The molecule has 1 aliphatic heterocycles. The van der Waals surface area contributed by atoms with Crippen LogP contribution in [0.3, 0.4) is 0 Å². The zero-order valence-corrected chi connectivity index (χ0v) is 16.3. The van der Waals surface area contributed by atoms with Crippen molar-refractivity contribution < 1.29 is 18.4 Å². The van der Waals surface area contributed by atoms with Crippen molar-refractivity contribution in [1.29, 1.82) is 0 Å². The molecular weight excluding hydrogens is 387 g/mol. The van der Waals surface area contributed by atoms with Gasteiger partial charge in [-0.05, 0) is 48.9 Å². The summed E-state index contributed by atoms with van der Waals surface area (Å²) < 4.78 is 32.1. The van der Waals surface area contributed by atoms with Crippen LogP contribution in [0.2, 0.25) is 0 Å². The van der Waals surface area contributed by atoms with E-state index < -0.39 is 0 Å². The first-order chi connectivity index (χ1) is 14.7. The Morgan fingerprint density at radius 1 is 1.13 bits per heavy atom. The van der Waals surface area contributed by atoms with E-state index in [9.17, 15) is 4.39 Å². The lowest BCUT2D eigenvalue weighted by Gasteiger charge is -2.25. The molecule has 0 saturated carbocycles. The predicted molar refractivity (Wildman–Crippen MR) is 106 cm³/mol. The number of rotatable bonds is 5. The molecule has 8 heteroatoms. The maximum atomic E-state index is 13.2. The molecule has 0 amide bonds. The summed E-state index contributed by atoms with van der Waals surface area (Å²) >= 11 is 0. The molecule has 0 aliphatic carbocycles. The normalized spacial score (nSPS) is 15.7. The number of imidazole rings is 1. The number of fused-ring (bicyclic) bond motifs is 1. The summed E-state index contributed by atoms with van der Waals surface area (Å²) in [6, 6.07) is 13.9. The van der Waals surface area contributed by atoms with E-state index in [-0.39, 0.29) is 11.9 Å². The first kappa shape index (κ1) is 18.5. The SMILES string of the molecule is CCOc1ccc(-c2noc(-c3ncn4c3CO[C@@H](c3ccc(F)cc3)C4)n2)cc1. The highest BCUT2D eigenvalue weighted by molar-refractivity contribution is 5.59. The molecule has 30 heavy (non-hydrogen) atoms. The number of halogens is 1. The van der Waals surface area contributed by atoms with Crippen LogP contribution >= 0.6 is 0 Å². The maximum Gasteiger partial charge on any atom is 0.278 e. The minimum Gasteiger partial charge on any atom is -0.494 e. The standard InChI is InChI=1S/C22H19FN4O3/c1-2-28-17-9-5-15(6-10-17)21-25-22(30-26-21)20-18-12-29-19(11-27(18)13-24-20)14-3-7-16(23)8-4-14/h3-10,13,19H,2,11-12H2,1H3/t19-/m1/s1. The third-order valence-corrected chi connectivity index (χ3v) is 5.02. The molecule has 1 atom stereocenters. The van der Waals surface area contributed by atoms with E-state index in [4.69, 9.17) is 14.0 Å². The Morgan fingerprint density at radius 3 is 2.70 bits per heavy atom. The first-order valence-electron chi connectivity index (χ1n) is 9.69. The fourth-order valence-electron chi connectivity index (χ4n) is 3.49. The van der Waals surface area contributed by atoms with Gasteiger partial charge in [-0.1, -0.05) is 17.3 Å². The van der Waals surface area contributed by atoms with Crippen LogP contribution in [0.5, 0.6) is 5.75 Å². The highest BCUT2D eigenvalue weighted by Crippen LogP contribution is 2.32. The molecule has 0 unspecified atom stereocenters. The Morgan fingerprint density at radius 2 is 1.93 bits per heavy atom. The van der Waals surface area contributed by atoms with Crippen molar-refractivity contribution in [2.24, 2.45) is 0 Å². The number of aromatic nitrogens is 4. The molecular formula is C22H19FN4O3. The van der Waals surface area contributed by atoms with Gasteiger partial charge in [-0.3, -0.25) is 0 Å². The van der Waals surface area contributed by atoms with Crippen LogP contribution in [-0.4, -0.2) is 26.3 Å². The molecule has 0 spiro atoms. The average Bonchev–Trinajstić information content (AvgIpc) is 3.42. The fourth-order valence-corrected chi connectivity index (χ4v) is 3.49. The average molecular weight is 406 g/mol. The van der Waals surface area contributed by atoms with Gasteiger partial charge in [-0.25, -0.2) is 9.37 Å². The summed E-state index contributed by atoms with van der Waals surface area (Å²) in [6.45, 7) is 3.48. The van der Waals surface area contributed by atoms with Crippen molar-refractivity contribution in [1.82, 2.24) is 19.7 Å². The molecule has 0 radical (unpaired) electrons. The molecule has 0 saturated heterocycles. The van der Waals surface area contributed by atoms with E-state index in [2.05, 4.69) is 15.1 Å². The summed E-state index contributed by atoms with van der Waals surface area (Å²) in [5.41, 5.74) is 3.23. The van der Waals surface area contributed by atoms with Gasteiger partial charge in [0, 0.05) is 5.56 Å². The lowest BCUT2D eigenvalue weighted by atomic mass is 10.1. The molecule has 5 rings (SSSR count). The van der Waals surface area contributed by atoms with Crippen LogP contribution in [0.15, 0.2) is 59.4 Å². The minimum absolute atomic E-state index is 0.165. The van der Waals surface area contributed by atoms with Crippen molar-refractivity contribution in [3.8, 4) is 28.7 Å². The molecule has 1 aliphatic rings. The monoisotopic (exact) mass is 406 g/mol. The van der Waals surface area contributed by atoms with E-state index >= 15 is 0 Å². The van der Waals surface area contributed by atoms with Gasteiger partial charge in [0.05, 0.1) is 31.8 Å². The van der Waals surface area contributed by atoms with Crippen LogP contribution in [0.4, 0.5) is 4.39 Å². The predicted octanol–water partition coefficient (Wildman–Crippen LogP) is 4.41. The van der Waals surface area contributed by atoms with Gasteiger partial charge in [0.25, 0.3) is 5.89 Å². The Labute approximate surface area is 172 Å². The van der Waals surface area contributed by atoms with E-state index in [1.807, 2.05) is 35.8 Å². The van der Waals surface area contributed by atoms with Crippen LogP contribution in [0.25, 0.3) is 23.0 Å². The number of hydrogen-bond donors (Lipinski definition) is 0. The third kappa shape index (κ3) is 3.46. The second-order valence-electron chi connectivity index (χ2n) is 6.92.